The van der Waals surface area contributed by atoms with Crippen molar-refractivity contribution in [2.24, 2.45) is 10.3 Å². The van der Waals surface area contributed by atoms with Crippen LogP contribution in [0.3, 0.4) is 0 Å². The van der Waals surface area contributed by atoms with E-state index in [-0.39, 0.29) is 6.15 Å². The molecule has 0 aromatic rings. The molecule has 0 saturated carbocycles. The summed E-state index contributed by atoms with van der Waals surface area (Å²) in [6.45, 7) is 0. The molecule has 0 heterocycles. The zero-order chi connectivity index (χ0) is 4.00. The second-order valence-electron chi connectivity index (χ2n) is 0. The van der Waals surface area contributed by atoms with Crippen LogP contribution in [0.2, 0.25) is 0 Å². The minimum Gasteiger partial charge on any atom is -0.344 e. The maximum Gasteiger partial charge on any atom is -0.103 e. The second-order valence-corrected chi connectivity index (χ2v) is 0. The minimum absolute atomic E-state index is 0. The van der Waals surface area contributed by atoms with Crippen LogP contribution in [-0.4, -0.2) is 0 Å². The van der Waals surface area contributed by atoms with Crippen LogP contribution >= 0.6 is 25.6 Å². The van der Waals surface area contributed by atoms with Crippen LogP contribution in [-0.2, 0) is 0 Å². The maximum atomic E-state index is 4.19. The van der Waals surface area contributed by atoms with Crippen molar-refractivity contribution in [2.75, 3.05) is 0 Å². The number of hydrogen-bond acceptors (Lipinski definition) is 5. The summed E-state index contributed by atoms with van der Waals surface area (Å²) in [5, 5.41) is 8.39. The second kappa shape index (κ2) is 174. The van der Waals surface area contributed by atoms with Crippen LogP contribution in [0.25, 0.3) is 0 Å². The Bertz CT molecular complexity index is 4.85. The standard InChI is InChI=1S/2H3NS.H3N/c2*1-2;/h2*2H,1H2;1H3. The van der Waals surface area contributed by atoms with Crippen LogP contribution in [0.5, 0.6) is 0 Å². The summed E-state index contributed by atoms with van der Waals surface area (Å²) < 4.78 is 0. The van der Waals surface area contributed by atoms with Crippen LogP contribution in [0.4, 0.5) is 0 Å². The van der Waals surface area contributed by atoms with Crippen molar-refractivity contribution in [3.05, 3.63) is 0 Å². The highest BCUT2D eigenvalue weighted by atomic mass is 32.1. The van der Waals surface area contributed by atoms with Crippen LogP contribution in [0.15, 0.2) is 0 Å². The average Bonchev–Trinajstić information content (AvgIpc) is 1.50. The van der Waals surface area contributed by atoms with Crippen molar-refractivity contribution >= 4 is 25.6 Å². The largest absolute Gasteiger partial charge is 0.344 e. The molecule has 7 N–H and O–H groups in total. The van der Waals surface area contributed by atoms with Gasteiger partial charge in [0.2, 0.25) is 0 Å². The zero-order valence-corrected chi connectivity index (χ0v) is 4.55. The van der Waals surface area contributed by atoms with Gasteiger partial charge in [-0.25, -0.2) is 0 Å². The molecule has 0 atom stereocenters. The van der Waals surface area contributed by atoms with Gasteiger partial charge in [-0.3, -0.25) is 10.3 Å². The van der Waals surface area contributed by atoms with Gasteiger partial charge in [0.05, 0.1) is 0 Å². The molecule has 0 aliphatic heterocycles. The van der Waals surface area contributed by atoms with Crippen molar-refractivity contribution in [3.63, 3.8) is 0 Å². The first-order valence-electron chi connectivity index (χ1n) is 0.516. The lowest BCUT2D eigenvalue weighted by molar-refractivity contribution is 2.08. The lowest BCUT2D eigenvalue weighted by atomic mass is 14.0. The number of rotatable bonds is 0. The van der Waals surface area contributed by atoms with Crippen molar-refractivity contribution < 1.29 is 0 Å². The van der Waals surface area contributed by atoms with Crippen molar-refractivity contribution in [1.82, 2.24) is 6.15 Å². The summed E-state index contributed by atoms with van der Waals surface area (Å²) in [4.78, 5) is 0. The molecule has 0 unspecified atom stereocenters. The van der Waals surface area contributed by atoms with Gasteiger partial charge in [-0.15, -0.1) is 25.6 Å². The third-order valence-electron chi connectivity index (χ3n) is 0. The van der Waals surface area contributed by atoms with Gasteiger partial charge in [-0.2, -0.15) is 0 Å². The molecular weight excluding hydrogens is 106 g/mol. The smallest absolute Gasteiger partial charge is 0.103 e. The van der Waals surface area contributed by atoms with Gasteiger partial charge in [-0.05, 0) is 0 Å². The van der Waals surface area contributed by atoms with E-state index in [9.17, 15) is 0 Å². The fraction of sp³-hybridized carbons (Fsp3) is 0. The van der Waals surface area contributed by atoms with Crippen LogP contribution < -0.4 is 16.4 Å². The lowest BCUT2D eigenvalue weighted by Crippen LogP contribution is -1.49. The third-order valence-corrected chi connectivity index (χ3v) is 0. The van der Waals surface area contributed by atoms with E-state index in [0.717, 1.165) is 0 Å². The monoisotopic (exact) mass is 115 g/mol. The molecule has 5 heavy (non-hydrogen) atoms. The topological polar surface area (TPSA) is 87.0 Å². The Morgan fingerprint density at radius 3 is 0.800 bits per heavy atom. The summed E-state index contributed by atoms with van der Waals surface area (Å²) in [6.07, 6.45) is 0. The molecule has 0 aliphatic rings. The summed E-state index contributed by atoms with van der Waals surface area (Å²) in [7, 11) is 0. The van der Waals surface area contributed by atoms with Gasteiger partial charge in [-0.1, -0.05) is 0 Å². The molecule has 0 rings (SSSR count). The predicted octanol–water partition coefficient (Wildman–Crippen LogP) is -0.258. The molecule has 0 aliphatic carbocycles. The highest BCUT2D eigenvalue weighted by molar-refractivity contribution is 7.77. The summed E-state index contributed by atoms with van der Waals surface area (Å²) in [5.41, 5.74) is 0. The Morgan fingerprint density at radius 2 is 0.800 bits per heavy atom. The fourth-order valence-electron chi connectivity index (χ4n) is 0. The van der Waals surface area contributed by atoms with Crippen LogP contribution in [0.1, 0.15) is 0 Å². The van der Waals surface area contributed by atoms with E-state index in [4.69, 9.17) is 0 Å². The summed E-state index contributed by atoms with van der Waals surface area (Å²) >= 11 is 6.06. The Kier molecular flexibility index (Phi) is 614. The van der Waals surface area contributed by atoms with E-state index in [0.29, 0.717) is 0 Å². The van der Waals surface area contributed by atoms with Gasteiger partial charge >= 0.3 is 0 Å². The number of thiol groups is 2. The first-order valence-corrected chi connectivity index (χ1v) is 1.55. The first-order chi connectivity index (χ1) is 2.00. The van der Waals surface area contributed by atoms with Gasteiger partial charge in [0.1, 0.15) is 0 Å². The van der Waals surface area contributed by atoms with Gasteiger partial charge < -0.3 is 6.15 Å². The summed E-state index contributed by atoms with van der Waals surface area (Å²) in [6, 6.07) is 0. The molecule has 0 bridgehead atoms. The SMILES string of the molecule is N.NS.NS. The van der Waals surface area contributed by atoms with Gasteiger partial charge in [0, 0.05) is 0 Å². The van der Waals surface area contributed by atoms with E-state index in [1.54, 1.807) is 0 Å². The third kappa shape index (κ3) is 90.6. The Labute approximate surface area is 42.8 Å². The highest BCUT2D eigenvalue weighted by Crippen LogP contribution is 1.12. The molecule has 0 aromatic heterocycles. The van der Waals surface area contributed by atoms with Gasteiger partial charge in [0.25, 0.3) is 0 Å². The molecule has 0 fully saturated rings. The molecule has 3 nitrogen and oxygen atoms in total. The molecule has 0 saturated heterocycles. The molecule has 0 spiro atoms. The average molecular weight is 115 g/mol. The normalized spacial score (nSPS) is 2.40. The van der Waals surface area contributed by atoms with E-state index in [1.165, 1.54) is 0 Å². The van der Waals surface area contributed by atoms with Crippen molar-refractivity contribution in [2.45, 2.75) is 0 Å². The van der Waals surface area contributed by atoms with E-state index < -0.39 is 0 Å². The predicted molar refractivity (Wildman–Crippen MR) is 31.4 cm³/mol. The molecule has 36 valence electrons. The summed E-state index contributed by atoms with van der Waals surface area (Å²) in [5.74, 6) is 0. The molecule has 5 heteroatoms. The lowest BCUT2D eigenvalue weighted by Gasteiger charge is -1.20. The van der Waals surface area contributed by atoms with Crippen molar-refractivity contribution in [3.8, 4) is 0 Å². The van der Waals surface area contributed by atoms with Crippen molar-refractivity contribution in [1.29, 1.82) is 0 Å². The van der Waals surface area contributed by atoms with E-state index in [1.807, 2.05) is 0 Å². The van der Waals surface area contributed by atoms with E-state index >= 15 is 0 Å². The fourth-order valence-corrected chi connectivity index (χ4v) is 0. The first kappa shape index (κ1) is 17.6. The molecule has 0 aromatic carbocycles. The van der Waals surface area contributed by atoms with E-state index in [2.05, 4.69) is 35.9 Å². The highest BCUT2D eigenvalue weighted by Gasteiger charge is 0.814. The Morgan fingerprint density at radius 1 is 0.800 bits per heavy atom. The Balaban J connectivity index is -0.0000000133. The number of nitrogens with two attached hydrogens (primary N) is 2. The van der Waals surface area contributed by atoms with Crippen LogP contribution in [0, 0.1) is 0 Å². The zero-order valence-electron chi connectivity index (χ0n) is 2.76. The molecular formula is H9N3S2. The molecule has 0 radical (unpaired) electrons. The van der Waals surface area contributed by atoms with Gasteiger partial charge in [0.15, 0.2) is 0 Å². The minimum atomic E-state index is 0. The number of hydrogen-bond donors (Lipinski definition) is 5. The quantitative estimate of drug-likeness (QED) is 0.282. The maximum absolute atomic E-state index is 4.19. The molecule has 0 amide bonds. The Hall–Kier alpha value is 0.580.